The third-order valence-corrected chi connectivity index (χ3v) is 3.13. The van der Waals surface area contributed by atoms with Crippen LogP contribution in [0.1, 0.15) is 12.0 Å². The van der Waals surface area contributed by atoms with Crippen LogP contribution in [-0.2, 0) is 16.0 Å². The Bertz CT molecular complexity index is 505. The molecule has 2 atom stereocenters. The third kappa shape index (κ3) is 3.08. The van der Waals surface area contributed by atoms with Crippen molar-refractivity contribution in [3.05, 3.63) is 35.6 Å². The van der Waals surface area contributed by atoms with Crippen LogP contribution in [0.3, 0.4) is 0 Å². The van der Waals surface area contributed by atoms with Gasteiger partial charge >= 0.3 is 5.97 Å². The molecule has 102 valence electrons. The molecule has 19 heavy (non-hydrogen) atoms. The summed E-state index contributed by atoms with van der Waals surface area (Å²) in [6, 6.07) is 4.60. The van der Waals surface area contributed by atoms with Gasteiger partial charge in [-0.1, -0.05) is 12.1 Å². The fourth-order valence-corrected chi connectivity index (χ4v) is 2.25. The van der Waals surface area contributed by atoms with Crippen LogP contribution in [-0.4, -0.2) is 45.7 Å². The lowest BCUT2D eigenvalue weighted by molar-refractivity contribution is -0.148. The van der Waals surface area contributed by atoms with Crippen molar-refractivity contribution in [2.45, 2.75) is 25.0 Å². The molecule has 1 amide bonds. The Morgan fingerprint density at radius 1 is 1.42 bits per heavy atom. The zero-order chi connectivity index (χ0) is 14.0. The second kappa shape index (κ2) is 5.36. The van der Waals surface area contributed by atoms with Crippen LogP contribution >= 0.6 is 0 Å². The summed E-state index contributed by atoms with van der Waals surface area (Å²) in [7, 11) is 0. The van der Waals surface area contributed by atoms with Gasteiger partial charge in [0.15, 0.2) is 0 Å². The number of rotatable bonds is 3. The van der Waals surface area contributed by atoms with Crippen molar-refractivity contribution < 1.29 is 24.2 Å². The molecule has 1 fully saturated rings. The highest BCUT2D eigenvalue weighted by molar-refractivity contribution is 5.85. The van der Waals surface area contributed by atoms with E-state index in [0.29, 0.717) is 5.56 Å². The minimum Gasteiger partial charge on any atom is -0.480 e. The second-order valence-corrected chi connectivity index (χ2v) is 4.60. The van der Waals surface area contributed by atoms with E-state index in [2.05, 4.69) is 0 Å². The van der Waals surface area contributed by atoms with Crippen molar-refractivity contribution in [3.8, 4) is 0 Å². The van der Waals surface area contributed by atoms with Gasteiger partial charge < -0.3 is 15.1 Å². The zero-order valence-corrected chi connectivity index (χ0v) is 10.1. The number of hydrogen-bond acceptors (Lipinski definition) is 3. The molecule has 0 radical (unpaired) electrons. The summed E-state index contributed by atoms with van der Waals surface area (Å²) in [4.78, 5) is 24.2. The number of nitrogens with zero attached hydrogens (tertiary/aromatic N) is 1. The van der Waals surface area contributed by atoms with E-state index in [-0.39, 0.29) is 19.4 Å². The van der Waals surface area contributed by atoms with Gasteiger partial charge in [0, 0.05) is 13.0 Å². The maximum Gasteiger partial charge on any atom is 0.326 e. The van der Waals surface area contributed by atoms with Crippen LogP contribution in [0.4, 0.5) is 4.39 Å². The molecule has 2 rings (SSSR count). The standard InChI is InChI=1S/C13H14FNO4/c14-9-3-1-2-8(4-9)5-12(17)15-7-10(16)6-11(15)13(18)19/h1-4,10-11,16H,5-7H2,(H,18,19)/t10?,11-/m0/s1. The van der Waals surface area contributed by atoms with Gasteiger partial charge in [-0.2, -0.15) is 0 Å². The minimum atomic E-state index is -1.14. The molecule has 6 heteroatoms. The van der Waals surface area contributed by atoms with Crippen molar-refractivity contribution >= 4 is 11.9 Å². The molecule has 0 saturated carbocycles. The number of halogens is 1. The Kier molecular flexibility index (Phi) is 3.80. The van der Waals surface area contributed by atoms with Gasteiger partial charge in [-0.05, 0) is 17.7 Å². The Hall–Kier alpha value is -1.95. The summed E-state index contributed by atoms with van der Waals surface area (Å²) in [6.07, 6.45) is -0.865. The molecule has 0 spiro atoms. The Balaban J connectivity index is 2.09. The molecule has 1 unspecified atom stereocenters. The lowest BCUT2D eigenvalue weighted by Gasteiger charge is -2.21. The lowest BCUT2D eigenvalue weighted by atomic mass is 10.1. The SMILES string of the molecule is O=C(O)[C@@H]1CC(O)CN1C(=O)Cc1cccc(F)c1. The number of carboxylic acids is 1. The topological polar surface area (TPSA) is 77.8 Å². The highest BCUT2D eigenvalue weighted by Gasteiger charge is 2.38. The van der Waals surface area contributed by atoms with Gasteiger partial charge in [0.05, 0.1) is 12.5 Å². The van der Waals surface area contributed by atoms with Crippen LogP contribution in [0, 0.1) is 5.82 Å². The second-order valence-electron chi connectivity index (χ2n) is 4.60. The summed E-state index contributed by atoms with van der Waals surface area (Å²) in [5.74, 6) is -2.00. The molecule has 1 aromatic carbocycles. The summed E-state index contributed by atoms with van der Waals surface area (Å²) in [5.41, 5.74) is 0.482. The van der Waals surface area contributed by atoms with Crippen LogP contribution in [0.2, 0.25) is 0 Å². The van der Waals surface area contributed by atoms with Gasteiger partial charge in [-0.15, -0.1) is 0 Å². The number of benzene rings is 1. The summed E-state index contributed by atoms with van der Waals surface area (Å²) in [5, 5.41) is 18.5. The predicted octanol–water partition coefficient (Wildman–Crippen LogP) is 0.415. The summed E-state index contributed by atoms with van der Waals surface area (Å²) in [6.45, 7) is 0.00508. The quantitative estimate of drug-likeness (QED) is 0.831. The molecule has 1 aliphatic rings. The van der Waals surface area contributed by atoms with Crippen molar-refractivity contribution in [1.29, 1.82) is 0 Å². The van der Waals surface area contributed by atoms with Gasteiger partial charge in [0.2, 0.25) is 5.91 Å². The normalized spacial score (nSPS) is 22.5. The molecule has 1 aromatic rings. The highest BCUT2D eigenvalue weighted by atomic mass is 19.1. The lowest BCUT2D eigenvalue weighted by Crippen LogP contribution is -2.41. The van der Waals surface area contributed by atoms with E-state index in [4.69, 9.17) is 5.11 Å². The minimum absolute atomic E-state index is 0.00508. The number of aliphatic hydroxyl groups excluding tert-OH is 1. The Morgan fingerprint density at radius 2 is 2.16 bits per heavy atom. The summed E-state index contributed by atoms with van der Waals surface area (Å²) < 4.78 is 13.0. The third-order valence-electron chi connectivity index (χ3n) is 3.13. The average molecular weight is 267 g/mol. The number of aliphatic carboxylic acids is 1. The molecule has 0 aliphatic carbocycles. The number of amides is 1. The van der Waals surface area contributed by atoms with Gasteiger partial charge in [-0.25, -0.2) is 9.18 Å². The smallest absolute Gasteiger partial charge is 0.326 e. The maximum atomic E-state index is 13.0. The molecular weight excluding hydrogens is 253 g/mol. The maximum absolute atomic E-state index is 13.0. The van der Waals surface area contributed by atoms with Crippen LogP contribution in [0.15, 0.2) is 24.3 Å². The number of hydrogen-bond donors (Lipinski definition) is 2. The molecule has 1 aliphatic heterocycles. The Labute approximate surface area is 109 Å². The predicted molar refractivity (Wildman–Crippen MR) is 63.9 cm³/mol. The van der Waals surface area contributed by atoms with E-state index in [9.17, 15) is 19.1 Å². The molecule has 0 bridgehead atoms. The Morgan fingerprint density at radius 3 is 2.79 bits per heavy atom. The fourth-order valence-electron chi connectivity index (χ4n) is 2.25. The van der Waals surface area contributed by atoms with Gasteiger partial charge in [0.25, 0.3) is 0 Å². The number of aliphatic hydroxyl groups is 1. The number of likely N-dealkylation sites (tertiary alicyclic amines) is 1. The molecule has 0 aromatic heterocycles. The van der Waals surface area contributed by atoms with E-state index in [1.807, 2.05) is 0 Å². The number of carbonyl (C=O) groups excluding carboxylic acids is 1. The van der Waals surface area contributed by atoms with Gasteiger partial charge in [0.1, 0.15) is 11.9 Å². The van der Waals surface area contributed by atoms with E-state index < -0.39 is 29.8 Å². The molecule has 2 N–H and O–H groups in total. The van der Waals surface area contributed by atoms with Gasteiger partial charge in [-0.3, -0.25) is 4.79 Å². The highest BCUT2D eigenvalue weighted by Crippen LogP contribution is 2.19. The molecule has 1 heterocycles. The largest absolute Gasteiger partial charge is 0.480 e. The number of β-amino-alcohol motifs (C(OH)–C–C–N with tert-alkyl or cyclic N) is 1. The first-order valence-corrected chi connectivity index (χ1v) is 5.92. The van der Waals surface area contributed by atoms with E-state index in [0.717, 1.165) is 4.90 Å². The molecule has 5 nitrogen and oxygen atoms in total. The van der Waals surface area contributed by atoms with Crippen molar-refractivity contribution in [3.63, 3.8) is 0 Å². The zero-order valence-electron chi connectivity index (χ0n) is 10.1. The monoisotopic (exact) mass is 267 g/mol. The van der Waals surface area contributed by atoms with Crippen molar-refractivity contribution in [1.82, 2.24) is 4.90 Å². The van der Waals surface area contributed by atoms with Crippen molar-refractivity contribution in [2.75, 3.05) is 6.54 Å². The van der Waals surface area contributed by atoms with Crippen molar-refractivity contribution in [2.24, 2.45) is 0 Å². The first-order chi connectivity index (χ1) is 8.97. The first-order valence-electron chi connectivity index (χ1n) is 5.92. The van der Waals surface area contributed by atoms with E-state index in [1.54, 1.807) is 6.07 Å². The number of carboxylic acid groups (broad SMARTS) is 1. The summed E-state index contributed by atoms with van der Waals surface area (Å²) >= 11 is 0. The fraction of sp³-hybridized carbons (Fsp3) is 0.385. The van der Waals surface area contributed by atoms with E-state index in [1.165, 1.54) is 18.2 Å². The van der Waals surface area contributed by atoms with Crippen LogP contribution < -0.4 is 0 Å². The van der Waals surface area contributed by atoms with Crippen LogP contribution in [0.5, 0.6) is 0 Å². The molecular formula is C13H14FNO4. The van der Waals surface area contributed by atoms with Crippen LogP contribution in [0.25, 0.3) is 0 Å². The molecule has 1 saturated heterocycles. The average Bonchev–Trinajstić information content (AvgIpc) is 2.71. The van der Waals surface area contributed by atoms with E-state index >= 15 is 0 Å². The first kappa shape index (κ1) is 13.5. The number of carbonyl (C=O) groups is 2.